The Bertz CT molecular complexity index is 1410. The summed E-state index contributed by atoms with van der Waals surface area (Å²) in [6.07, 6.45) is 1.09. The maximum atomic E-state index is 13.7. The Balaban J connectivity index is 1.59. The van der Waals surface area contributed by atoms with Gasteiger partial charge in [-0.3, -0.25) is 9.20 Å². The van der Waals surface area contributed by atoms with E-state index in [0.717, 1.165) is 35.6 Å². The number of carbonyl (C=O) groups is 1. The highest BCUT2D eigenvalue weighted by Crippen LogP contribution is 2.53. The fourth-order valence-electron chi connectivity index (χ4n) is 4.74. The van der Waals surface area contributed by atoms with Crippen LogP contribution in [0.1, 0.15) is 60.1 Å². The van der Waals surface area contributed by atoms with E-state index in [1.807, 2.05) is 4.90 Å². The smallest absolute Gasteiger partial charge is 0.417 e. The number of nitrogens with zero attached hydrogens (tertiary/aromatic N) is 4. The van der Waals surface area contributed by atoms with Gasteiger partial charge in [-0.05, 0) is 50.2 Å². The lowest BCUT2D eigenvalue weighted by molar-refractivity contribution is -0.137. The Labute approximate surface area is 202 Å². The average Bonchev–Trinajstić information content (AvgIpc) is 3.57. The molecular formula is C24H23F4N5O3. The van der Waals surface area contributed by atoms with Gasteiger partial charge in [-0.2, -0.15) is 13.2 Å². The first-order valence-electron chi connectivity index (χ1n) is 11.5. The predicted molar refractivity (Wildman–Crippen MR) is 123 cm³/mol. The molecule has 8 nitrogen and oxygen atoms in total. The molecule has 3 aromatic heterocycles. The van der Waals surface area contributed by atoms with Gasteiger partial charge in [0.05, 0.1) is 17.8 Å². The number of nitrogens with one attached hydrogen (secondary N) is 1. The predicted octanol–water partition coefficient (Wildman–Crippen LogP) is 4.50. The molecule has 2 aliphatic rings. The second-order valence-corrected chi connectivity index (χ2v) is 9.54. The van der Waals surface area contributed by atoms with Gasteiger partial charge < -0.3 is 15.3 Å². The quantitative estimate of drug-likeness (QED) is 0.493. The van der Waals surface area contributed by atoms with Crippen LogP contribution in [0.15, 0.2) is 35.4 Å². The van der Waals surface area contributed by atoms with Gasteiger partial charge in [0.25, 0.3) is 5.56 Å². The standard InChI is InChI=1S/C24H23F4N5O3/c1-13(30-20-17(22(35)36)9-15(25)11-29-20)16-8-14(24(26,27)28)12-33-19(34)10-18(31-21(16)33)32-6-4-23(2-3-23)5-7-32/h8-13H,2-7H2,1H3,(H,29,30)(H,35,36)/t13-/m1/s1. The third-order valence-corrected chi connectivity index (χ3v) is 7.11. The first-order valence-corrected chi connectivity index (χ1v) is 11.5. The van der Waals surface area contributed by atoms with Gasteiger partial charge in [0.2, 0.25) is 0 Å². The van der Waals surface area contributed by atoms with E-state index in [1.165, 1.54) is 25.8 Å². The molecule has 1 aliphatic heterocycles. The first kappa shape index (κ1) is 24.0. The van der Waals surface area contributed by atoms with Crippen molar-refractivity contribution < 1.29 is 27.5 Å². The first-order chi connectivity index (χ1) is 17.0. The van der Waals surface area contributed by atoms with Crippen molar-refractivity contribution in [3.05, 3.63) is 63.5 Å². The lowest BCUT2D eigenvalue weighted by Gasteiger charge is -2.33. The lowest BCUT2D eigenvalue weighted by atomic mass is 9.94. The number of piperidine rings is 1. The highest BCUT2D eigenvalue weighted by Gasteiger charge is 2.44. The van der Waals surface area contributed by atoms with Crippen LogP contribution >= 0.6 is 0 Å². The number of fused-ring (bicyclic) bond motifs is 1. The third-order valence-electron chi connectivity index (χ3n) is 7.11. The second kappa shape index (κ2) is 8.45. The molecule has 5 rings (SSSR count). The van der Waals surface area contributed by atoms with Crippen molar-refractivity contribution in [3.63, 3.8) is 0 Å². The summed E-state index contributed by atoms with van der Waals surface area (Å²) >= 11 is 0. The molecule has 36 heavy (non-hydrogen) atoms. The van der Waals surface area contributed by atoms with Crippen molar-refractivity contribution in [2.24, 2.45) is 5.41 Å². The van der Waals surface area contributed by atoms with Gasteiger partial charge >= 0.3 is 12.1 Å². The zero-order valence-electron chi connectivity index (χ0n) is 19.3. The van der Waals surface area contributed by atoms with Crippen LogP contribution in [0, 0.1) is 11.2 Å². The topological polar surface area (TPSA) is 99.8 Å². The summed E-state index contributed by atoms with van der Waals surface area (Å²) in [5.41, 5.74) is -1.79. The van der Waals surface area contributed by atoms with Crippen LogP contribution in [0.3, 0.4) is 0 Å². The Morgan fingerprint density at radius 2 is 1.86 bits per heavy atom. The molecule has 1 saturated heterocycles. The van der Waals surface area contributed by atoms with Gasteiger partial charge in [-0.25, -0.2) is 19.2 Å². The Hall–Kier alpha value is -3.70. The van der Waals surface area contributed by atoms with Crippen LogP contribution in [0.25, 0.3) is 5.65 Å². The number of carboxylic acid groups (broad SMARTS) is 1. The molecule has 1 spiro atoms. The summed E-state index contributed by atoms with van der Waals surface area (Å²) in [6.45, 7) is 2.89. The highest BCUT2D eigenvalue weighted by molar-refractivity contribution is 5.93. The normalized spacial score (nSPS) is 17.9. The van der Waals surface area contributed by atoms with Crippen molar-refractivity contribution >= 4 is 23.3 Å². The van der Waals surface area contributed by atoms with Crippen LogP contribution in [-0.4, -0.2) is 38.5 Å². The van der Waals surface area contributed by atoms with Gasteiger partial charge in [-0.1, -0.05) is 0 Å². The highest BCUT2D eigenvalue weighted by atomic mass is 19.4. The molecule has 0 radical (unpaired) electrons. The van der Waals surface area contributed by atoms with Crippen molar-refractivity contribution in [1.82, 2.24) is 14.4 Å². The minimum Gasteiger partial charge on any atom is -0.478 e. The molecule has 4 heterocycles. The van der Waals surface area contributed by atoms with E-state index in [4.69, 9.17) is 0 Å². The molecule has 0 amide bonds. The zero-order chi connectivity index (χ0) is 25.8. The summed E-state index contributed by atoms with van der Waals surface area (Å²) < 4.78 is 55.5. The molecule has 1 atom stereocenters. The van der Waals surface area contributed by atoms with Crippen LogP contribution in [0.2, 0.25) is 0 Å². The second-order valence-electron chi connectivity index (χ2n) is 9.54. The fraction of sp³-hybridized carbons (Fsp3) is 0.417. The Morgan fingerprint density at radius 3 is 2.47 bits per heavy atom. The van der Waals surface area contributed by atoms with Crippen molar-refractivity contribution in [2.45, 2.75) is 44.8 Å². The Kier molecular flexibility index (Phi) is 5.64. The third kappa shape index (κ3) is 4.47. The summed E-state index contributed by atoms with van der Waals surface area (Å²) in [6, 6.07) is 1.92. The monoisotopic (exact) mass is 505 g/mol. The van der Waals surface area contributed by atoms with Crippen molar-refractivity contribution in [2.75, 3.05) is 23.3 Å². The number of pyridine rings is 2. The fourth-order valence-corrected chi connectivity index (χ4v) is 4.74. The minimum atomic E-state index is -4.74. The van der Waals surface area contributed by atoms with E-state index >= 15 is 0 Å². The largest absolute Gasteiger partial charge is 0.478 e. The summed E-state index contributed by atoms with van der Waals surface area (Å²) in [4.78, 5) is 34.8. The number of carboxylic acids is 1. The van der Waals surface area contributed by atoms with Gasteiger partial charge in [-0.15, -0.1) is 0 Å². The lowest BCUT2D eigenvalue weighted by Crippen LogP contribution is -2.36. The Morgan fingerprint density at radius 1 is 1.17 bits per heavy atom. The number of rotatable bonds is 5. The molecule has 0 aromatic carbocycles. The van der Waals surface area contributed by atoms with Gasteiger partial charge in [0.15, 0.2) is 0 Å². The summed E-state index contributed by atoms with van der Waals surface area (Å²) in [5.74, 6) is -2.17. The van der Waals surface area contributed by atoms with E-state index in [-0.39, 0.29) is 17.0 Å². The maximum absolute atomic E-state index is 13.7. The molecule has 0 unspecified atom stereocenters. The number of aromatic nitrogens is 3. The molecule has 190 valence electrons. The van der Waals surface area contributed by atoms with Gasteiger partial charge in [0, 0.05) is 30.9 Å². The number of aromatic carboxylic acids is 1. The average molecular weight is 505 g/mol. The van der Waals surface area contributed by atoms with E-state index in [0.29, 0.717) is 30.5 Å². The number of alkyl halides is 3. The number of hydrogen-bond acceptors (Lipinski definition) is 6. The molecule has 1 saturated carbocycles. The van der Waals surface area contributed by atoms with Crippen molar-refractivity contribution in [1.29, 1.82) is 0 Å². The summed E-state index contributed by atoms with van der Waals surface area (Å²) in [5, 5.41) is 12.1. The van der Waals surface area contributed by atoms with Crippen LogP contribution in [-0.2, 0) is 6.18 Å². The number of anilines is 2. The molecule has 2 N–H and O–H groups in total. The van der Waals surface area contributed by atoms with Crippen molar-refractivity contribution in [3.8, 4) is 0 Å². The minimum absolute atomic E-state index is 0.0104. The van der Waals surface area contributed by atoms with E-state index < -0.39 is 40.7 Å². The number of halogens is 4. The van der Waals surface area contributed by atoms with Crippen LogP contribution < -0.4 is 15.8 Å². The summed E-state index contributed by atoms with van der Waals surface area (Å²) in [7, 11) is 0. The van der Waals surface area contributed by atoms with Crippen LogP contribution in [0.5, 0.6) is 0 Å². The molecule has 2 fully saturated rings. The molecule has 1 aliphatic carbocycles. The SMILES string of the molecule is C[C@@H](Nc1ncc(F)cc1C(=O)O)c1cc(C(F)(F)F)cn2c(=O)cc(N3CCC4(CC3)CC4)nc12. The molecule has 0 bridgehead atoms. The van der Waals surface area contributed by atoms with E-state index in [1.54, 1.807) is 0 Å². The molecule has 3 aromatic rings. The van der Waals surface area contributed by atoms with E-state index in [2.05, 4.69) is 15.3 Å². The van der Waals surface area contributed by atoms with E-state index in [9.17, 15) is 32.3 Å². The van der Waals surface area contributed by atoms with Gasteiger partial charge in [0.1, 0.15) is 28.7 Å². The van der Waals surface area contributed by atoms with Crippen LogP contribution in [0.4, 0.5) is 29.2 Å². The molecule has 12 heteroatoms. The zero-order valence-corrected chi connectivity index (χ0v) is 19.3. The number of hydrogen-bond donors (Lipinski definition) is 2. The molecular weight excluding hydrogens is 482 g/mol. The maximum Gasteiger partial charge on any atom is 0.417 e.